The van der Waals surface area contributed by atoms with Gasteiger partial charge in [-0.1, -0.05) is 6.07 Å². The molecule has 1 saturated heterocycles. The quantitative estimate of drug-likeness (QED) is 0.872. The minimum Gasteiger partial charge on any atom is -0.370 e. The van der Waals surface area contributed by atoms with E-state index in [1.807, 2.05) is 12.3 Å². The number of hydrogen-bond donors (Lipinski definition) is 1. The first-order valence-corrected chi connectivity index (χ1v) is 7.53. The van der Waals surface area contributed by atoms with Crippen molar-refractivity contribution >= 4 is 16.6 Å². The van der Waals surface area contributed by atoms with E-state index < -0.39 is 10.8 Å². The first kappa shape index (κ1) is 12.5. The van der Waals surface area contributed by atoms with Crippen LogP contribution in [0.2, 0.25) is 0 Å². The second kappa shape index (κ2) is 6.12. The van der Waals surface area contributed by atoms with Crippen LogP contribution in [0.15, 0.2) is 18.3 Å². The Balaban J connectivity index is 1.88. The maximum absolute atomic E-state index is 11.2. The summed E-state index contributed by atoms with van der Waals surface area (Å²) in [6.07, 6.45) is 1.92. The van der Waals surface area contributed by atoms with E-state index in [4.69, 9.17) is 0 Å². The highest BCUT2D eigenvalue weighted by molar-refractivity contribution is 7.85. The van der Waals surface area contributed by atoms with Gasteiger partial charge in [-0.25, -0.2) is 4.98 Å². The summed E-state index contributed by atoms with van der Waals surface area (Å²) in [4.78, 5) is 6.69. The number of aromatic nitrogens is 1. The van der Waals surface area contributed by atoms with Crippen LogP contribution >= 0.6 is 0 Å². The summed E-state index contributed by atoms with van der Waals surface area (Å²) in [5, 5.41) is 3.18. The predicted molar refractivity (Wildman–Crippen MR) is 71.6 cm³/mol. The van der Waals surface area contributed by atoms with E-state index in [2.05, 4.69) is 28.2 Å². The maximum atomic E-state index is 11.2. The molecule has 0 aromatic carbocycles. The van der Waals surface area contributed by atoms with Crippen LogP contribution in [0.4, 0.5) is 5.82 Å². The highest BCUT2D eigenvalue weighted by Gasteiger charge is 2.14. The van der Waals surface area contributed by atoms with E-state index in [9.17, 15) is 4.21 Å². The fourth-order valence-electron chi connectivity index (χ4n) is 1.90. The highest BCUT2D eigenvalue weighted by atomic mass is 32.2. The summed E-state index contributed by atoms with van der Waals surface area (Å²) in [5.41, 5.74) is 1.22. The fraction of sp³-hybridized carbons (Fsp3) is 0.583. The van der Waals surface area contributed by atoms with Gasteiger partial charge in [0.05, 0.1) is 0 Å². The van der Waals surface area contributed by atoms with Gasteiger partial charge in [-0.3, -0.25) is 9.11 Å². The molecule has 0 amide bonds. The average Bonchev–Trinajstić information content (AvgIpc) is 2.35. The molecular weight excluding hydrogens is 234 g/mol. The summed E-state index contributed by atoms with van der Waals surface area (Å²) in [6, 6.07) is 4.12. The molecule has 94 valence electrons. The second-order valence-electron chi connectivity index (χ2n) is 4.21. The third-order valence-electron chi connectivity index (χ3n) is 2.86. The number of anilines is 1. The summed E-state index contributed by atoms with van der Waals surface area (Å²) in [7, 11) is -0.593. The van der Waals surface area contributed by atoms with Crippen molar-refractivity contribution in [3.05, 3.63) is 23.9 Å². The average molecular weight is 253 g/mol. The molecular formula is C12H19N3OS. The topological polar surface area (TPSA) is 45.2 Å². The summed E-state index contributed by atoms with van der Waals surface area (Å²) < 4.78 is 11.2. The van der Waals surface area contributed by atoms with Crippen molar-refractivity contribution in [2.24, 2.45) is 0 Å². The first-order valence-electron chi connectivity index (χ1n) is 6.04. The van der Waals surface area contributed by atoms with Gasteiger partial charge >= 0.3 is 0 Å². The number of rotatable bonds is 4. The minimum absolute atomic E-state index is 0.593. The number of nitrogens with one attached hydrogen (secondary N) is 1. The first-order chi connectivity index (χ1) is 8.28. The molecule has 0 saturated carbocycles. The third kappa shape index (κ3) is 3.78. The zero-order chi connectivity index (χ0) is 12.1. The normalized spacial score (nSPS) is 18.2. The molecule has 1 aliphatic heterocycles. The lowest BCUT2D eigenvalue weighted by molar-refractivity contribution is 0.291. The van der Waals surface area contributed by atoms with Crippen LogP contribution in [0.1, 0.15) is 12.5 Å². The Labute approximate surface area is 105 Å². The number of hydrogen-bond acceptors (Lipinski definition) is 4. The lowest BCUT2D eigenvalue weighted by atomic mass is 10.2. The van der Waals surface area contributed by atoms with E-state index >= 15 is 0 Å². The summed E-state index contributed by atoms with van der Waals surface area (Å²) >= 11 is 0. The van der Waals surface area contributed by atoms with Gasteiger partial charge in [0.1, 0.15) is 5.82 Å². The molecule has 5 heteroatoms. The van der Waals surface area contributed by atoms with Crippen LogP contribution < -0.4 is 5.32 Å². The van der Waals surface area contributed by atoms with E-state index in [1.165, 1.54) is 5.56 Å². The minimum atomic E-state index is -0.593. The van der Waals surface area contributed by atoms with Gasteiger partial charge in [0.15, 0.2) is 0 Å². The largest absolute Gasteiger partial charge is 0.370 e. The van der Waals surface area contributed by atoms with Crippen LogP contribution in [0.25, 0.3) is 0 Å². The molecule has 0 aliphatic carbocycles. The van der Waals surface area contributed by atoms with Crippen molar-refractivity contribution in [2.75, 3.05) is 36.5 Å². The lowest BCUT2D eigenvalue weighted by Crippen LogP contribution is -2.37. The van der Waals surface area contributed by atoms with Crippen molar-refractivity contribution in [3.8, 4) is 0 Å². The molecule has 17 heavy (non-hydrogen) atoms. The lowest BCUT2D eigenvalue weighted by Gasteiger charge is -2.25. The zero-order valence-corrected chi connectivity index (χ0v) is 11.0. The molecule has 0 bridgehead atoms. The molecule has 2 rings (SSSR count). The molecule has 1 N–H and O–H groups in total. The van der Waals surface area contributed by atoms with Gasteiger partial charge in [-0.2, -0.15) is 0 Å². The van der Waals surface area contributed by atoms with Crippen molar-refractivity contribution < 1.29 is 4.21 Å². The third-order valence-corrected chi connectivity index (χ3v) is 4.14. The molecule has 1 fully saturated rings. The van der Waals surface area contributed by atoms with Gasteiger partial charge in [-0.15, -0.1) is 0 Å². The second-order valence-corrected chi connectivity index (χ2v) is 5.90. The number of nitrogens with zero attached hydrogens (tertiary/aromatic N) is 2. The molecule has 1 aromatic heterocycles. The zero-order valence-electron chi connectivity index (χ0n) is 10.2. The maximum Gasteiger partial charge on any atom is 0.125 e. The van der Waals surface area contributed by atoms with E-state index in [0.717, 1.165) is 43.5 Å². The van der Waals surface area contributed by atoms with Crippen molar-refractivity contribution in [1.29, 1.82) is 0 Å². The van der Waals surface area contributed by atoms with Gasteiger partial charge in [0.25, 0.3) is 0 Å². The Morgan fingerprint density at radius 2 is 2.18 bits per heavy atom. The highest BCUT2D eigenvalue weighted by Crippen LogP contribution is 2.09. The van der Waals surface area contributed by atoms with Crippen LogP contribution in [0.5, 0.6) is 0 Å². The SMILES string of the molecule is CCNc1ccc(CN2CCS(=O)CC2)cn1. The Kier molecular flexibility index (Phi) is 4.50. The van der Waals surface area contributed by atoms with Gasteiger partial charge < -0.3 is 5.32 Å². The van der Waals surface area contributed by atoms with Gasteiger partial charge in [-0.05, 0) is 18.6 Å². The standard InChI is InChI=1S/C12H19N3OS/c1-2-13-12-4-3-11(9-14-12)10-15-5-7-17(16)8-6-15/h3-4,9H,2,5-8,10H2,1H3,(H,13,14). The summed E-state index contributed by atoms with van der Waals surface area (Å²) in [6.45, 7) is 5.73. The molecule has 4 nitrogen and oxygen atoms in total. The molecule has 0 unspecified atom stereocenters. The van der Waals surface area contributed by atoms with E-state index in [0.29, 0.717) is 0 Å². The van der Waals surface area contributed by atoms with Gasteiger partial charge in [0, 0.05) is 54.7 Å². The van der Waals surface area contributed by atoms with E-state index in [1.54, 1.807) is 0 Å². The molecule has 1 aromatic rings. The Morgan fingerprint density at radius 3 is 2.76 bits per heavy atom. The molecule has 2 heterocycles. The molecule has 0 atom stereocenters. The van der Waals surface area contributed by atoms with Gasteiger partial charge in [0.2, 0.25) is 0 Å². The summed E-state index contributed by atoms with van der Waals surface area (Å²) in [5.74, 6) is 2.54. The van der Waals surface area contributed by atoms with Crippen molar-refractivity contribution in [3.63, 3.8) is 0 Å². The van der Waals surface area contributed by atoms with Crippen LogP contribution in [0, 0.1) is 0 Å². The van der Waals surface area contributed by atoms with Crippen LogP contribution in [0.3, 0.4) is 0 Å². The fourth-order valence-corrected chi connectivity index (χ4v) is 3.02. The monoisotopic (exact) mass is 253 g/mol. The van der Waals surface area contributed by atoms with Crippen molar-refractivity contribution in [1.82, 2.24) is 9.88 Å². The van der Waals surface area contributed by atoms with Crippen LogP contribution in [-0.4, -0.2) is 45.2 Å². The smallest absolute Gasteiger partial charge is 0.125 e. The van der Waals surface area contributed by atoms with Crippen molar-refractivity contribution in [2.45, 2.75) is 13.5 Å². The molecule has 0 spiro atoms. The van der Waals surface area contributed by atoms with E-state index in [-0.39, 0.29) is 0 Å². The molecule has 1 aliphatic rings. The van der Waals surface area contributed by atoms with Crippen LogP contribution in [-0.2, 0) is 17.3 Å². The molecule has 0 radical (unpaired) electrons. The Bertz CT molecular complexity index is 370. The number of pyridine rings is 1. The Hall–Kier alpha value is -0.940. The Morgan fingerprint density at radius 1 is 1.41 bits per heavy atom. The predicted octanol–water partition coefficient (Wildman–Crippen LogP) is 1.08.